The number of halogens is 1. The molecule has 2 aromatic rings. The number of hydrogen-bond donors (Lipinski definition) is 2. The Balaban J connectivity index is 2.13. The van der Waals surface area contributed by atoms with Crippen molar-refractivity contribution in [2.24, 2.45) is 0 Å². The van der Waals surface area contributed by atoms with Crippen LogP contribution in [0.4, 0.5) is 10.2 Å². The van der Waals surface area contributed by atoms with Gasteiger partial charge >= 0.3 is 0 Å². The highest BCUT2D eigenvalue weighted by atomic mass is 32.2. The molecule has 1 atom stereocenters. The van der Waals surface area contributed by atoms with Crippen LogP contribution in [0.1, 0.15) is 24.1 Å². The van der Waals surface area contributed by atoms with Crippen LogP contribution in [0.25, 0.3) is 0 Å². The van der Waals surface area contributed by atoms with Gasteiger partial charge in [-0.05, 0) is 43.3 Å². The first kappa shape index (κ1) is 15.8. The van der Waals surface area contributed by atoms with E-state index in [0.29, 0.717) is 5.82 Å². The number of nitrogens with two attached hydrogens (primary N) is 1. The van der Waals surface area contributed by atoms with Crippen molar-refractivity contribution in [3.05, 3.63) is 53.5 Å². The van der Waals surface area contributed by atoms with Gasteiger partial charge in [-0.1, -0.05) is 13.0 Å². The van der Waals surface area contributed by atoms with E-state index in [4.69, 9.17) is 5.73 Å². The van der Waals surface area contributed by atoms with Gasteiger partial charge < -0.3 is 11.1 Å². The number of pyridine rings is 1. The molecule has 0 aliphatic carbocycles. The number of aromatic nitrogens is 1. The fraction of sp³-hybridized carbons (Fsp3) is 0.312. The highest BCUT2D eigenvalue weighted by molar-refractivity contribution is 7.99. The van der Waals surface area contributed by atoms with Crippen LogP contribution in [0.2, 0.25) is 0 Å². The molecule has 1 heterocycles. The standard InChI is InChI=1S/C16H20FN3S/c1-3-19-15(14-7-11(2)9-20-16(14)18)10-21-13-6-4-5-12(17)8-13/h4-9,15,19H,3,10H2,1-2H3,(H2,18,20). The first-order chi connectivity index (χ1) is 10.1. The van der Waals surface area contributed by atoms with Gasteiger partial charge in [-0.3, -0.25) is 0 Å². The van der Waals surface area contributed by atoms with Crippen LogP contribution < -0.4 is 11.1 Å². The number of aryl methyl sites for hydroxylation is 1. The van der Waals surface area contributed by atoms with Crippen LogP contribution >= 0.6 is 11.8 Å². The molecule has 0 amide bonds. The van der Waals surface area contributed by atoms with E-state index in [1.807, 2.05) is 13.0 Å². The Kier molecular flexibility index (Phi) is 5.59. The molecule has 0 saturated carbocycles. The number of hydrogen-bond acceptors (Lipinski definition) is 4. The Labute approximate surface area is 129 Å². The zero-order chi connectivity index (χ0) is 15.2. The van der Waals surface area contributed by atoms with E-state index < -0.39 is 0 Å². The van der Waals surface area contributed by atoms with Crippen molar-refractivity contribution in [3.63, 3.8) is 0 Å². The number of rotatable bonds is 6. The molecule has 0 spiro atoms. The van der Waals surface area contributed by atoms with Crippen molar-refractivity contribution in [2.75, 3.05) is 18.0 Å². The molecule has 3 N–H and O–H groups in total. The van der Waals surface area contributed by atoms with Crippen molar-refractivity contribution < 1.29 is 4.39 Å². The molecular formula is C16H20FN3S. The quantitative estimate of drug-likeness (QED) is 0.801. The van der Waals surface area contributed by atoms with Crippen LogP contribution in [0, 0.1) is 12.7 Å². The van der Waals surface area contributed by atoms with Crippen molar-refractivity contribution in [2.45, 2.75) is 24.8 Å². The maximum Gasteiger partial charge on any atom is 0.128 e. The Morgan fingerprint density at radius 1 is 1.38 bits per heavy atom. The predicted molar refractivity (Wildman–Crippen MR) is 86.9 cm³/mol. The highest BCUT2D eigenvalue weighted by Gasteiger charge is 2.15. The Morgan fingerprint density at radius 2 is 2.19 bits per heavy atom. The molecule has 112 valence electrons. The minimum Gasteiger partial charge on any atom is -0.383 e. The van der Waals surface area contributed by atoms with Gasteiger partial charge in [-0.25, -0.2) is 9.37 Å². The minimum absolute atomic E-state index is 0.0932. The second-order valence-corrected chi connectivity index (χ2v) is 5.96. The lowest BCUT2D eigenvalue weighted by Crippen LogP contribution is -2.24. The zero-order valence-corrected chi connectivity index (χ0v) is 13.1. The molecule has 2 rings (SSSR count). The maximum absolute atomic E-state index is 13.2. The first-order valence-electron chi connectivity index (χ1n) is 6.94. The van der Waals surface area contributed by atoms with Gasteiger partial charge in [-0.15, -0.1) is 11.8 Å². The maximum atomic E-state index is 13.2. The van der Waals surface area contributed by atoms with Crippen molar-refractivity contribution in [1.82, 2.24) is 10.3 Å². The normalized spacial score (nSPS) is 12.3. The van der Waals surface area contributed by atoms with Crippen molar-refractivity contribution in [3.8, 4) is 0 Å². The number of nitrogens with one attached hydrogen (secondary N) is 1. The van der Waals surface area contributed by atoms with Crippen LogP contribution in [0.5, 0.6) is 0 Å². The molecule has 0 radical (unpaired) electrons. The molecule has 0 bridgehead atoms. The smallest absolute Gasteiger partial charge is 0.128 e. The van der Waals surface area contributed by atoms with Gasteiger partial charge in [0.25, 0.3) is 0 Å². The summed E-state index contributed by atoms with van der Waals surface area (Å²) in [4.78, 5) is 5.13. The number of nitrogen functional groups attached to an aromatic ring is 1. The molecular weight excluding hydrogens is 285 g/mol. The molecule has 21 heavy (non-hydrogen) atoms. The molecule has 0 fully saturated rings. The molecule has 1 aromatic carbocycles. The average molecular weight is 305 g/mol. The van der Waals surface area contributed by atoms with Crippen molar-refractivity contribution in [1.29, 1.82) is 0 Å². The average Bonchev–Trinajstić information content (AvgIpc) is 2.46. The third kappa shape index (κ3) is 4.44. The van der Waals surface area contributed by atoms with Crippen LogP contribution in [-0.2, 0) is 0 Å². The zero-order valence-electron chi connectivity index (χ0n) is 12.3. The monoisotopic (exact) mass is 305 g/mol. The van der Waals surface area contributed by atoms with Gasteiger partial charge in [0.15, 0.2) is 0 Å². The summed E-state index contributed by atoms with van der Waals surface area (Å²) in [5, 5.41) is 3.42. The molecule has 1 unspecified atom stereocenters. The fourth-order valence-electron chi connectivity index (χ4n) is 2.12. The lowest BCUT2D eigenvalue weighted by molar-refractivity contribution is 0.605. The third-order valence-corrected chi connectivity index (χ3v) is 4.21. The number of benzene rings is 1. The highest BCUT2D eigenvalue weighted by Crippen LogP contribution is 2.27. The molecule has 0 aliphatic heterocycles. The number of thioether (sulfide) groups is 1. The second-order valence-electron chi connectivity index (χ2n) is 4.87. The SMILES string of the molecule is CCNC(CSc1cccc(F)c1)c1cc(C)cnc1N. The summed E-state index contributed by atoms with van der Waals surface area (Å²) in [5.41, 5.74) is 8.08. The van der Waals surface area contributed by atoms with E-state index >= 15 is 0 Å². The summed E-state index contributed by atoms with van der Waals surface area (Å²) >= 11 is 1.61. The number of nitrogens with zero attached hydrogens (tertiary/aromatic N) is 1. The van der Waals surface area contributed by atoms with Gasteiger partial charge in [0.1, 0.15) is 11.6 Å². The molecule has 0 saturated heterocycles. The van der Waals surface area contributed by atoms with Gasteiger partial charge in [0.05, 0.1) is 0 Å². The Bertz CT molecular complexity index is 604. The summed E-state index contributed by atoms with van der Waals surface area (Å²) in [7, 11) is 0. The lowest BCUT2D eigenvalue weighted by atomic mass is 10.1. The van der Waals surface area contributed by atoms with Gasteiger partial charge in [-0.2, -0.15) is 0 Å². The van der Waals surface area contributed by atoms with Crippen LogP contribution in [-0.4, -0.2) is 17.3 Å². The summed E-state index contributed by atoms with van der Waals surface area (Å²) in [6, 6.07) is 8.79. The fourth-order valence-corrected chi connectivity index (χ4v) is 3.15. The Morgan fingerprint density at radius 3 is 2.90 bits per heavy atom. The second kappa shape index (κ2) is 7.43. The largest absolute Gasteiger partial charge is 0.383 e. The van der Waals surface area contributed by atoms with E-state index in [9.17, 15) is 4.39 Å². The number of anilines is 1. The lowest BCUT2D eigenvalue weighted by Gasteiger charge is -2.19. The molecule has 3 nitrogen and oxygen atoms in total. The van der Waals surface area contributed by atoms with Gasteiger partial charge in [0.2, 0.25) is 0 Å². The van der Waals surface area contributed by atoms with Crippen LogP contribution in [0.15, 0.2) is 41.4 Å². The van der Waals surface area contributed by atoms with E-state index in [2.05, 4.69) is 23.3 Å². The van der Waals surface area contributed by atoms with Gasteiger partial charge in [0, 0.05) is 28.5 Å². The van der Waals surface area contributed by atoms with E-state index in [0.717, 1.165) is 28.3 Å². The topological polar surface area (TPSA) is 50.9 Å². The van der Waals surface area contributed by atoms with E-state index in [1.165, 1.54) is 6.07 Å². The summed E-state index contributed by atoms with van der Waals surface area (Å²) in [6.45, 7) is 4.89. The molecule has 0 aliphatic rings. The summed E-state index contributed by atoms with van der Waals surface area (Å²) in [6.07, 6.45) is 1.77. The summed E-state index contributed by atoms with van der Waals surface area (Å²) < 4.78 is 13.2. The molecule has 5 heteroatoms. The molecule has 1 aromatic heterocycles. The summed E-state index contributed by atoms with van der Waals surface area (Å²) in [5.74, 6) is 1.11. The Hall–Kier alpha value is -1.59. The van der Waals surface area contributed by atoms with Crippen LogP contribution in [0.3, 0.4) is 0 Å². The van der Waals surface area contributed by atoms with E-state index in [1.54, 1.807) is 30.1 Å². The predicted octanol–water partition coefficient (Wildman–Crippen LogP) is 3.55. The minimum atomic E-state index is -0.211. The van der Waals surface area contributed by atoms with E-state index in [-0.39, 0.29) is 11.9 Å². The first-order valence-corrected chi connectivity index (χ1v) is 7.92. The van der Waals surface area contributed by atoms with Crippen molar-refractivity contribution >= 4 is 17.6 Å². The third-order valence-electron chi connectivity index (χ3n) is 3.12.